The van der Waals surface area contributed by atoms with Crippen LogP contribution in [0.3, 0.4) is 0 Å². The monoisotopic (exact) mass is 202 g/mol. The van der Waals surface area contributed by atoms with Gasteiger partial charge in [-0.3, -0.25) is 9.11 Å². The van der Waals surface area contributed by atoms with E-state index in [1.54, 1.807) is 0 Å². The minimum atomic E-state index is -2.97. The Bertz CT molecular complexity index is 207. The van der Waals surface area contributed by atoms with Gasteiger partial charge in [-0.05, 0) is 0 Å². The molecule has 9 heteroatoms. The van der Waals surface area contributed by atoms with Crippen LogP contribution in [0.15, 0.2) is 0 Å². The molecule has 0 aromatic heterocycles. The van der Waals surface area contributed by atoms with Crippen molar-refractivity contribution in [1.29, 1.82) is 0 Å². The fraction of sp³-hybridized carbons (Fsp3) is 0. The second kappa shape index (κ2) is 4.28. The van der Waals surface area contributed by atoms with Crippen molar-refractivity contribution in [2.45, 2.75) is 0 Å². The van der Waals surface area contributed by atoms with Crippen LogP contribution in [0.2, 0.25) is 0 Å². The molecule has 0 heterocycles. The predicted molar refractivity (Wildman–Crippen MR) is 33.4 cm³/mol. The summed E-state index contributed by atoms with van der Waals surface area (Å²) in [6, 6.07) is 0. The quantitative estimate of drug-likeness (QED) is 0.314. The average molecular weight is 202 g/mol. The summed E-state index contributed by atoms with van der Waals surface area (Å²) in [7, 11) is 0. The first kappa shape index (κ1) is 10.4. The van der Waals surface area contributed by atoms with Crippen LogP contribution in [0.4, 0.5) is 9.59 Å². The van der Waals surface area contributed by atoms with E-state index in [1.807, 2.05) is 0 Å². The molecule has 0 radical (unpaired) electrons. The Kier molecular flexibility index (Phi) is 4.03. The lowest BCUT2D eigenvalue weighted by Gasteiger charge is -1.92. The summed E-state index contributed by atoms with van der Waals surface area (Å²) in [6.07, 6.45) is 0. The molecule has 0 saturated heterocycles. The maximum absolute atomic E-state index is 10.0. The average Bonchev–Trinajstić information content (AvgIpc) is 1.87. The number of carbonyl (C=O) groups is 2. The van der Waals surface area contributed by atoms with E-state index >= 15 is 0 Å². The van der Waals surface area contributed by atoms with Gasteiger partial charge in [0.2, 0.25) is 0 Å². The standard InChI is InChI=1S/C2H2O7S2/c3-1(10(5)6)9-2(4)11(7)8/h(H,5,6)(H,7,8). The highest BCUT2D eigenvalue weighted by molar-refractivity contribution is 7.96. The van der Waals surface area contributed by atoms with E-state index in [2.05, 4.69) is 4.74 Å². The Hall–Kier alpha value is -0.640. The van der Waals surface area contributed by atoms with Gasteiger partial charge < -0.3 is 4.74 Å². The van der Waals surface area contributed by atoms with Gasteiger partial charge in [0.15, 0.2) is 0 Å². The zero-order chi connectivity index (χ0) is 9.02. The smallest absolute Gasteiger partial charge is 0.369 e. The van der Waals surface area contributed by atoms with Crippen LogP contribution < -0.4 is 0 Å². The Morgan fingerprint density at radius 3 is 1.45 bits per heavy atom. The minimum absolute atomic E-state index is 1.78. The van der Waals surface area contributed by atoms with Crippen LogP contribution in [0, 0.1) is 0 Å². The lowest BCUT2D eigenvalue weighted by Crippen LogP contribution is -2.16. The molecule has 0 fully saturated rings. The van der Waals surface area contributed by atoms with E-state index in [1.165, 1.54) is 0 Å². The molecule has 0 aliphatic carbocycles. The molecule has 0 rings (SSSR count). The van der Waals surface area contributed by atoms with Crippen molar-refractivity contribution in [1.82, 2.24) is 0 Å². The molecule has 0 aromatic carbocycles. The van der Waals surface area contributed by atoms with Gasteiger partial charge in [0.1, 0.15) is 0 Å². The van der Waals surface area contributed by atoms with Gasteiger partial charge in [-0.25, -0.2) is 18.0 Å². The molecule has 2 atom stereocenters. The normalized spacial score (nSPS) is 15.1. The number of hydrogen-bond acceptors (Lipinski definition) is 5. The van der Waals surface area contributed by atoms with Crippen molar-refractivity contribution in [3.05, 3.63) is 0 Å². The number of carbonyl (C=O) groups excluding carboxylic acids is 2. The van der Waals surface area contributed by atoms with Gasteiger partial charge in [0.25, 0.3) is 22.2 Å². The van der Waals surface area contributed by atoms with Crippen LogP contribution in [0.25, 0.3) is 0 Å². The molecule has 0 aliphatic rings. The third-order valence-corrected chi connectivity index (χ3v) is 1.19. The first-order valence-corrected chi connectivity index (χ1v) is 4.14. The molecule has 2 unspecified atom stereocenters. The second-order valence-electron chi connectivity index (χ2n) is 1.10. The van der Waals surface area contributed by atoms with E-state index in [9.17, 15) is 18.0 Å². The van der Waals surface area contributed by atoms with Crippen LogP contribution in [-0.2, 0) is 26.9 Å². The zero-order valence-corrected chi connectivity index (χ0v) is 6.39. The Morgan fingerprint density at radius 1 is 1.00 bits per heavy atom. The van der Waals surface area contributed by atoms with Crippen LogP contribution in [0.1, 0.15) is 0 Å². The zero-order valence-electron chi connectivity index (χ0n) is 4.75. The summed E-state index contributed by atoms with van der Waals surface area (Å²) < 4.78 is 38.8. The first-order valence-electron chi connectivity index (χ1n) is 1.92. The molecular formula is C2H2O7S2. The van der Waals surface area contributed by atoms with Gasteiger partial charge in [0, 0.05) is 0 Å². The number of ether oxygens (including phenoxy) is 1. The fourth-order valence-corrected chi connectivity index (χ4v) is 0.486. The number of hydrogen-bond donors (Lipinski definition) is 2. The summed E-state index contributed by atoms with van der Waals surface area (Å²) in [5.41, 5.74) is 0. The lowest BCUT2D eigenvalue weighted by molar-refractivity contribution is 0.182. The summed E-state index contributed by atoms with van der Waals surface area (Å²) >= 11 is -5.95. The maximum atomic E-state index is 10.0. The number of rotatable bonds is 0. The second-order valence-corrected chi connectivity index (χ2v) is 2.76. The summed E-state index contributed by atoms with van der Waals surface area (Å²) in [5, 5.41) is -3.56. The van der Waals surface area contributed by atoms with Gasteiger partial charge >= 0.3 is 10.6 Å². The molecule has 64 valence electrons. The third kappa shape index (κ3) is 3.93. The molecule has 0 saturated carbocycles. The van der Waals surface area contributed by atoms with Crippen LogP contribution in [0.5, 0.6) is 0 Å². The molecule has 11 heavy (non-hydrogen) atoms. The summed E-state index contributed by atoms with van der Waals surface area (Å²) in [6.45, 7) is 0. The van der Waals surface area contributed by atoms with Crippen molar-refractivity contribution in [2.75, 3.05) is 0 Å². The lowest BCUT2D eigenvalue weighted by atomic mass is 11.4. The molecule has 0 aromatic rings. The van der Waals surface area contributed by atoms with Crippen LogP contribution in [-0.4, -0.2) is 28.1 Å². The fourth-order valence-electron chi connectivity index (χ4n) is 0.139. The highest BCUT2D eigenvalue weighted by Crippen LogP contribution is 1.91. The predicted octanol–water partition coefficient (Wildman–Crippen LogP) is -0.314. The SMILES string of the molecule is O=C(OC(=O)S(=O)O)S(=O)O. The van der Waals surface area contributed by atoms with Crippen molar-refractivity contribution in [3.63, 3.8) is 0 Å². The summed E-state index contributed by atoms with van der Waals surface area (Å²) in [5.74, 6) is 0. The molecule has 0 amide bonds. The Labute approximate surface area is 65.3 Å². The van der Waals surface area contributed by atoms with E-state index in [0.717, 1.165) is 0 Å². The highest BCUT2D eigenvalue weighted by Gasteiger charge is 2.19. The minimum Gasteiger partial charge on any atom is -0.369 e. The van der Waals surface area contributed by atoms with Crippen LogP contribution >= 0.6 is 0 Å². The molecule has 0 aliphatic heterocycles. The Morgan fingerprint density at radius 2 is 1.27 bits per heavy atom. The van der Waals surface area contributed by atoms with Gasteiger partial charge in [-0.2, -0.15) is 0 Å². The van der Waals surface area contributed by atoms with Gasteiger partial charge in [0.05, 0.1) is 0 Å². The largest absolute Gasteiger partial charge is 0.433 e. The van der Waals surface area contributed by atoms with Gasteiger partial charge in [-0.1, -0.05) is 0 Å². The first-order chi connectivity index (χ1) is 4.95. The maximum Gasteiger partial charge on any atom is 0.433 e. The molecule has 0 spiro atoms. The molecule has 7 nitrogen and oxygen atoms in total. The van der Waals surface area contributed by atoms with Crippen molar-refractivity contribution in [3.8, 4) is 0 Å². The van der Waals surface area contributed by atoms with Crippen molar-refractivity contribution >= 4 is 32.8 Å². The van der Waals surface area contributed by atoms with E-state index in [4.69, 9.17) is 9.11 Å². The topological polar surface area (TPSA) is 118 Å². The van der Waals surface area contributed by atoms with Gasteiger partial charge in [-0.15, -0.1) is 0 Å². The van der Waals surface area contributed by atoms with E-state index in [-0.39, 0.29) is 0 Å². The van der Waals surface area contributed by atoms with E-state index in [0.29, 0.717) is 0 Å². The highest BCUT2D eigenvalue weighted by atomic mass is 32.2. The van der Waals surface area contributed by atoms with Crippen molar-refractivity contribution in [2.24, 2.45) is 0 Å². The summed E-state index contributed by atoms with van der Waals surface area (Å²) in [4.78, 5) is 20.0. The molecule has 2 N–H and O–H groups in total. The van der Waals surface area contributed by atoms with E-state index < -0.39 is 32.8 Å². The Balaban J connectivity index is 4.07. The molecule has 0 bridgehead atoms. The molecular weight excluding hydrogens is 200 g/mol. The van der Waals surface area contributed by atoms with Crippen molar-refractivity contribution < 1.29 is 31.8 Å². The third-order valence-electron chi connectivity index (χ3n) is 0.452.